The maximum Gasteiger partial charge on any atom is 0.138 e. The minimum atomic E-state index is 0.167. The number of nitrogens with one attached hydrogen (secondary N) is 1. The van der Waals surface area contributed by atoms with Crippen LogP contribution >= 0.6 is 0 Å². The van der Waals surface area contributed by atoms with E-state index in [1.165, 1.54) is 25.7 Å². The fourth-order valence-electron chi connectivity index (χ4n) is 3.91. The van der Waals surface area contributed by atoms with Gasteiger partial charge < -0.3 is 4.74 Å². The van der Waals surface area contributed by atoms with E-state index in [0.29, 0.717) is 5.92 Å². The van der Waals surface area contributed by atoms with Crippen LogP contribution in [0.25, 0.3) is 0 Å². The lowest BCUT2D eigenvalue weighted by Crippen LogP contribution is -2.30. The maximum absolute atomic E-state index is 5.83. The summed E-state index contributed by atoms with van der Waals surface area (Å²) in [6, 6.07) is 2.30. The second-order valence-corrected chi connectivity index (χ2v) is 6.45. The van der Waals surface area contributed by atoms with Crippen molar-refractivity contribution in [2.24, 2.45) is 23.6 Å². The minimum Gasteiger partial charge on any atom is -0.489 e. The summed E-state index contributed by atoms with van der Waals surface area (Å²) in [4.78, 5) is 4.31. The van der Waals surface area contributed by atoms with Crippen LogP contribution in [0, 0.1) is 17.8 Å². The van der Waals surface area contributed by atoms with Crippen molar-refractivity contribution in [2.75, 3.05) is 0 Å². The zero-order valence-electron chi connectivity index (χ0n) is 12.4. The molecule has 0 radical (unpaired) electrons. The van der Waals surface area contributed by atoms with Gasteiger partial charge in [-0.15, -0.1) is 0 Å². The number of hydrogen-bond acceptors (Lipinski definition) is 4. The van der Waals surface area contributed by atoms with Gasteiger partial charge in [-0.25, -0.2) is 0 Å². The number of pyridine rings is 1. The van der Waals surface area contributed by atoms with Crippen LogP contribution in [0.3, 0.4) is 0 Å². The SMILES string of the molecule is CC(C)Oc1cncc(C(NN)C2C3CCCCC32)c1. The molecule has 0 aromatic carbocycles. The highest BCUT2D eigenvalue weighted by atomic mass is 16.5. The molecular formula is C16H25N3O. The molecule has 4 nitrogen and oxygen atoms in total. The Labute approximate surface area is 121 Å². The van der Waals surface area contributed by atoms with Crippen molar-refractivity contribution in [3.63, 3.8) is 0 Å². The molecule has 0 spiro atoms. The molecule has 2 aliphatic rings. The predicted molar refractivity (Wildman–Crippen MR) is 79.0 cm³/mol. The third-order valence-corrected chi connectivity index (χ3v) is 4.75. The molecule has 2 saturated carbocycles. The molecule has 3 unspecified atom stereocenters. The molecule has 110 valence electrons. The van der Waals surface area contributed by atoms with Gasteiger partial charge in [-0.05, 0) is 56.1 Å². The minimum absolute atomic E-state index is 0.167. The number of fused-ring (bicyclic) bond motifs is 1. The van der Waals surface area contributed by atoms with E-state index in [2.05, 4.69) is 16.5 Å². The third-order valence-electron chi connectivity index (χ3n) is 4.75. The van der Waals surface area contributed by atoms with Crippen molar-refractivity contribution in [2.45, 2.75) is 51.7 Å². The molecule has 0 bridgehead atoms. The van der Waals surface area contributed by atoms with Crippen LogP contribution in [-0.4, -0.2) is 11.1 Å². The lowest BCUT2D eigenvalue weighted by Gasteiger charge is -2.18. The first-order chi connectivity index (χ1) is 9.70. The second kappa shape index (κ2) is 5.70. The van der Waals surface area contributed by atoms with Crippen molar-refractivity contribution in [1.82, 2.24) is 10.4 Å². The summed E-state index contributed by atoms with van der Waals surface area (Å²) < 4.78 is 5.74. The smallest absolute Gasteiger partial charge is 0.138 e. The average Bonchev–Trinajstić information content (AvgIpc) is 3.14. The van der Waals surface area contributed by atoms with Gasteiger partial charge >= 0.3 is 0 Å². The van der Waals surface area contributed by atoms with Crippen molar-refractivity contribution in [3.05, 3.63) is 24.0 Å². The normalized spacial score (nSPS) is 29.9. The highest BCUT2D eigenvalue weighted by Crippen LogP contribution is 2.60. The molecule has 4 heteroatoms. The van der Waals surface area contributed by atoms with E-state index in [9.17, 15) is 0 Å². The number of aromatic nitrogens is 1. The van der Waals surface area contributed by atoms with E-state index in [4.69, 9.17) is 10.6 Å². The fraction of sp³-hybridized carbons (Fsp3) is 0.688. The van der Waals surface area contributed by atoms with Crippen LogP contribution in [0.1, 0.15) is 51.1 Å². The summed E-state index contributed by atoms with van der Waals surface area (Å²) in [6.45, 7) is 4.06. The van der Waals surface area contributed by atoms with E-state index < -0.39 is 0 Å². The zero-order valence-corrected chi connectivity index (χ0v) is 12.4. The maximum atomic E-state index is 5.83. The van der Waals surface area contributed by atoms with Crippen LogP contribution in [0.4, 0.5) is 0 Å². The Hall–Kier alpha value is -1.13. The standard InChI is InChI=1S/C16H25N3O/c1-10(2)20-12-7-11(8-18-9-12)16(19-17)15-13-5-3-4-6-14(13)15/h7-10,13-16,19H,3-6,17H2,1-2H3. The van der Waals surface area contributed by atoms with Crippen LogP contribution < -0.4 is 16.0 Å². The van der Waals surface area contributed by atoms with E-state index in [1.54, 1.807) is 6.20 Å². The Kier molecular flexibility index (Phi) is 3.94. The van der Waals surface area contributed by atoms with Crippen LogP contribution in [0.2, 0.25) is 0 Å². The molecule has 0 aliphatic heterocycles. The number of nitrogens with zero attached hydrogens (tertiary/aromatic N) is 1. The summed E-state index contributed by atoms with van der Waals surface area (Å²) in [5.41, 5.74) is 4.18. The number of ether oxygens (including phenoxy) is 1. The second-order valence-electron chi connectivity index (χ2n) is 6.45. The highest BCUT2D eigenvalue weighted by Gasteiger charge is 2.54. The topological polar surface area (TPSA) is 60.2 Å². The van der Waals surface area contributed by atoms with Crippen LogP contribution in [0.15, 0.2) is 18.5 Å². The number of hydrazine groups is 1. The van der Waals surface area contributed by atoms with Crippen molar-refractivity contribution in [3.8, 4) is 5.75 Å². The summed E-state index contributed by atoms with van der Waals surface area (Å²) in [7, 11) is 0. The first-order valence-corrected chi connectivity index (χ1v) is 7.78. The summed E-state index contributed by atoms with van der Waals surface area (Å²) in [5.74, 6) is 9.07. The Morgan fingerprint density at radius 2 is 1.95 bits per heavy atom. The predicted octanol–water partition coefficient (Wildman–Crippen LogP) is 2.81. The lowest BCUT2D eigenvalue weighted by atomic mass is 10.0. The lowest BCUT2D eigenvalue weighted by molar-refractivity contribution is 0.241. The van der Waals surface area contributed by atoms with Gasteiger partial charge in [-0.3, -0.25) is 16.3 Å². The molecule has 3 N–H and O–H groups in total. The van der Waals surface area contributed by atoms with Crippen LogP contribution in [-0.2, 0) is 0 Å². The molecular weight excluding hydrogens is 250 g/mol. The summed E-state index contributed by atoms with van der Waals surface area (Å²) >= 11 is 0. The van der Waals surface area contributed by atoms with Gasteiger partial charge in [0.2, 0.25) is 0 Å². The largest absolute Gasteiger partial charge is 0.489 e. The van der Waals surface area contributed by atoms with Gasteiger partial charge in [0.25, 0.3) is 0 Å². The van der Waals surface area contributed by atoms with Gasteiger partial charge in [0.1, 0.15) is 5.75 Å². The van der Waals surface area contributed by atoms with Crippen molar-refractivity contribution in [1.29, 1.82) is 0 Å². The third kappa shape index (κ3) is 2.67. The molecule has 20 heavy (non-hydrogen) atoms. The van der Waals surface area contributed by atoms with E-state index >= 15 is 0 Å². The Morgan fingerprint density at radius 1 is 1.25 bits per heavy atom. The molecule has 1 aromatic heterocycles. The van der Waals surface area contributed by atoms with E-state index in [1.807, 2.05) is 20.0 Å². The first-order valence-electron chi connectivity index (χ1n) is 7.78. The zero-order chi connectivity index (χ0) is 14.1. The van der Waals surface area contributed by atoms with E-state index in [0.717, 1.165) is 23.1 Å². The number of hydrogen-bond donors (Lipinski definition) is 2. The molecule has 1 aromatic rings. The molecule has 2 fully saturated rings. The van der Waals surface area contributed by atoms with Gasteiger partial charge in [-0.2, -0.15) is 0 Å². The Balaban J connectivity index is 1.76. The van der Waals surface area contributed by atoms with Gasteiger partial charge in [0, 0.05) is 6.20 Å². The Bertz CT molecular complexity index is 451. The van der Waals surface area contributed by atoms with Gasteiger partial charge in [0.15, 0.2) is 0 Å². The molecule has 0 saturated heterocycles. The van der Waals surface area contributed by atoms with Crippen LogP contribution in [0.5, 0.6) is 5.75 Å². The molecule has 1 heterocycles. The van der Waals surface area contributed by atoms with Crippen molar-refractivity contribution < 1.29 is 4.74 Å². The number of rotatable bonds is 5. The molecule has 0 amide bonds. The van der Waals surface area contributed by atoms with Gasteiger partial charge in [0.05, 0.1) is 18.3 Å². The molecule has 3 rings (SSSR count). The Morgan fingerprint density at radius 3 is 2.55 bits per heavy atom. The quantitative estimate of drug-likeness (QED) is 0.641. The summed E-state index contributed by atoms with van der Waals surface area (Å²) in [5, 5.41) is 0. The first kappa shape index (κ1) is 13.8. The van der Waals surface area contributed by atoms with Gasteiger partial charge in [-0.1, -0.05) is 12.8 Å². The molecule has 3 atom stereocenters. The monoisotopic (exact) mass is 275 g/mol. The number of nitrogens with two attached hydrogens (primary N) is 1. The molecule has 2 aliphatic carbocycles. The fourth-order valence-corrected chi connectivity index (χ4v) is 3.91. The van der Waals surface area contributed by atoms with E-state index in [-0.39, 0.29) is 12.1 Å². The average molecular weight is 275 g/mol. The summed E-state index contributed by atoms with van der Waals surface area (Å²) in [6.07, 6.45) is 9.35. The highest BCUT2D eigenvalue weighted by molar-refractivity contribution is 5.28. The van der Waals surface area contributed by atoms with Crippen molar-refractivity contribution >= 4 is 0 Å².